The number of carbonyl (C=O) groups is 1. The van der Waals surface area contributed by atoms with Crippen molar-refractivity contribution in [2.75, 3.05) is 11.1 Å². The van der Waals surface area contributed by atoms with Gasteiger partial charge >= 0.3 is 0 Å². The summed E-state index contributed by atoms with van der Waals surface area (Å²) in [4.78, 5) is 12.5. The van der Waals surface area contributed by atoms with E-state index in [1.807, 2.05) is 30.3 Å². The SMILES string of the molecule is CCCCCCCCC(CCC(=O)Nc1ccccc1)NS(=O)(=O)c1ccc(N)cc1. The van der Waals surface area contributed by atoms with Gasteiger partial charge in [0.05, 0.1) is 4.90 Å². The van der Waals surface area contributed by atoms with Gasteiger partial charge in [-0.15, -0.1) is 0 Å². The van der Waals surface area contributed by atoms with E-state index in [1.165, 1.54) is 31.4 Å². The first kappa shape index (κ1) is 24.9. The van der Waals surface area contributed by atoms with Gasteiger partial charge in [-0.1, -0.05) is 63.6 Å². The van der Waals surface area contributed by atoms with Gasteiger partial charge in [0.15, 0.2) is 0 Å². The first-order chi connectivity index (χ1) is 14.9. The van der Waals surface area contributed by atoms with Gasteiger partial charge in [-0.3, -0.25) is 4.79 Å². The van der Waals surface area contributed by atoms with Crippen molar-refractivity contribution in [3.05, 3.63) is 54.6 Å². The lowest BCUT2D eigenvalue weighted by molar-refractivity contribution is -0.116. The van der Waals surface area contributed by atoms with E-state index >= 15 is 0 Å². The summed E-state index contributed by atoms with van der Waals surface area (Å²) >= 11 is 0. The number of sulfonamides is 1. The Morgan fingerprint density at radius 3 is 2.23 bits per heavy atom. The average molecular weight is 446 g/mol. The molecule has 0 aliphatic heterocycles. The minimum absolute atomic E-state index is 0.120. The number of para-hydroxylation sites is 1. The fourth-order valence-electron chi connectivity index (χ4n) is 3.42. The molecule has 6 nitrogen and oxygen atoms in total. The van der Waals surface area contributed by atoms with Gasteiger partial charge in [0.1, 0.15) is 0 Å². The van der Waals surface area contributed by atoms with Gasteiger partial charge in [0.2, 0.25) is 15.9 Å². The summed E-state index contributed by atoms with van der Waals surface area (Å²) in [6.45, 7) is 2.18. The van der Waals surface area contributed by atoms with Gasteiger partial charge in [0.25, 0.3) is 0 Å². The van der Waals surface area contributed by atoms with Crippen LogP contribution in [-0.2, 0) is 14.8 Å². The Labute approximate surface area is 186 Å². The highest BCUT2D eigenvalue weighted by atomic mass is 32.2. The summed E-state index contributed by atoms with van der Waals surface area (Å²) < 4.78 is 28.4. The Morgan fingerprint density at radius 2 is 1.55 bits per heavy atom. The van der Waals surface area contributed by atoms with Gasteiger partial charge in [0, 0.05) is 23.8 Å². The highest BCUT2D eigenvalue weighted by Crippen LogP contribution is 2.17. The second-order valence-corrected chi connectivity index (χ2v) is 9.61. The molecule has 0 radical (unpaired) electrons. The van der Waals surface area contributed by atoms with Crippen LogP contribution in [0.1, 0.15) is 64.7 Å². The van der Waals surface area contributed by atoms with E-state index in [-0.39, 0.29) is 23.3 Å². The van der Waals surface area contributed by atoms with E-state index < -0.39 is 10.0 Å². The van der Waals surface area contributed by atoms with Gasteiger partial charge in [-0.25, -0.2) is 13.1 Å². The molecule has 0 saturated carbocycles. The number of unbranched alkanes of at least 4 members (excludes halogenated alkanes) is 5. The number of nitrogens with one attached hydrogen (secondary N) is 2. The lowest BCUT2D eigenvalue weighted by Crippen LogP contribution is -2.35. The third kappa shape index (κ3) is 9.53. The van der Waals surface area contributed by atoms with Crippen molar-refractivity contribution in [2.45, 2.75) is 75.6 Å². The molecule has 0 fully saturated rings. The molecule has 0 aliphatic rings. The zero-order valence-corrected chi connectivity index (χ0v) is 19.2. The van der Waals surface area contributed by atoms with E-state index in [2.05, 4.69) is 17.0 Å². The molecule has 170 valence electrons. The third-order valence-corrected chi connectivity index (χ3v) is 6.73. The molecule has 2 aromatic rings. The molecule has 4 N–H and O–H groups in total. The third-order valence-electron chi connectivity index (χ3n) is 5.20. The molecule has 1 unspecified atom stereocenters. The molecular formula is C24H35N3O3S. The first-order valence-corrected chi connectivity index (χ1v) is 12.6. The summed E-state index contributed by atoms with van der Waals surface area (Å²) in [5.41, 5.74) is 6.92. The maximum Gasteiger partial charge on any atom is 0.240 e. The lowest BCUT2D eigenvalue weighted by Gasteiger charge is -2.19. The maximum atomic E-state index is 12.8. The van der Waals surface area contributed by atoms with Crippen molar-refractivity contribution < 1.29 is 13.2 Å². The molecule has 0 aromatic heterocycles. The molecule has 7 heteroatoms. The zero-order valence-electron chi connectivity index (χ0n) is 18.3. The van der Waals surface area contributed by atoms with E-state index in [0.29, 0.717) is 18.5 Å². The number of benzene rings is 2. The van der Waals surface area contributed by atoms with Crippen LogP contribution in [0, 0.1) is 0 Å². The predicted molar refractivity (Wildman–Crippen MR) is 127 cm³/mol. The number of rotatable bonds is 14. The van der Waals surface area contributed by atoms with Gasteiger partial charge in [-0.2, -0.15) is 0 Å². The molecule has 0 heterocycles. The van der Waals surface area contributed by atoms with E-state index in [1.54, 1.807) is 12.1 Å². The Kier molecular flexibility index (Phi) is 10.5. The van der Waals surface area contributed by atoms with Crippen molar-refractivity contribution >= 4 is 27.3 Å². The van der Waals surface area contributed by atoms with Crippen LogP contribution < -0.4 is 15.8 Å². The molecule has 0 spiro atoms. The van der Waals surface area contributed by atoms with Crippen LogP contribution in [0.2, 0.25) is 0 Å². The number of hydrogen-bond donors (Lipinski definition) is 3. The standard InChI is InChI=1S/C24H35N3O3S/c1-2-3-4-5-6-8-13-22(16-19-24(28)26-21-11-9-7-10-12-21)27-31(29,30)23-17-14-20(25)15-18-23/h7,9-12,14-15,17-18,22,27H,2-6,8,13,16,19,25H2,1H3,(H,26,28). The minimum Gasteiger partial charge on any atom is -0.399 e. The average Bonchev–Trinajstić information content (AvgIpc) is 2.75. The predicted octanol–water partition coefficient (Wildman–Crippen LogP) is 5.09. The fraction of sp³-hybridized carbons (Fsp3) is 0.458. The number of hydrogen-bond acceptors (Lipinski definition) is 4. The molecule has 1 atom stereocenters. The molecule has 0 bridgehead atoms. The largest absolute Gasteiger partial charge is 0.399 e. The maximum absolute atomic E-state index is 12.8. The molecule has 0 aliphatic carbocycles. The smallest absolute Gasteiger partial charge is 0.240 e. The highest BCUT2D eigenvalue weighted by Gasteiger charge is 2.20. The van der Waals surface area contributed by atoms with Crippen LogP contribution in [0.5, 0.6) is 0 Å². The zero-order chi connectivity index (χ0) is 22.5. The van der Waals surface area contributed by atoms with Crippen LogP contribution in [0.3, 0.4) is 0 Å². The van der Waals surface area contributed by atoms with Crippen LogP contribution >= 0.6 is 0 Å². The van der Waals surface area contributed by atoms with Crippen LogP contribution in [0.15, 0.2) is 59.5 Å². The van der Waals surface area contributed by atoms with E-state index in [4.69, 9.17) is 5.73 Å². The first-order valence-electron chi connectivity index (χ1n) is 11.1. The molecule has 1 amide bonds. The molecule has 2 rings (SSSR count). The van der Waals surface area contributed by atoms with Crippen LogP contribution in [0.25, 0.3) is 0 Å². The minimum atomic E-state index is -3.67. The summed E-state index contributed by atoms with van der Waals surface area (Å²) in [5, 5.41) is 2.86. The topological polar surface area (TPSA) is 101 Å². The number of carbonyl (C=O) groups excluding carboxylic acids is 1. The summed E-state index contributed by atoms with van der Waals surface area (Å²) in [6.07, 6.45) is 8.18. The second kappa shape index (κ2) is 13.1. The van der Waals surface area contributed by atoms with Crippen molar-refractivity contribution in [2.24, 2.45) is 0 Å². The normalized spacial score (nSPS) is 12.4. The van der Waals surface area contributed by atoms with Crippen LogP contribution in [-0.4, -0.2) is 20.4 Å². The van der Waals surface area contributed by atoms with Gasteiger partial charge in [-0.05, 0) is 49.2 Å². The second-order valence-electron chi connectivity index (χ2n) is 7.90. The van der Waals surface area contributed by atoms with Crippen molar-refractivity contribution in [1.82, 2.24) is 4.72 Å². The highest BCUT2D eigenvalue weighted by molar-refractivity contribution is 7.89. The van der Waals surface area contributed by atoms with Gasteiger partial charge < -0.3 is 11.1 Å². The van der Waals surface area contributed by atoms with Crippen LogP contribution in [0.4, 0.5) is 11.4 Å². The van der Waals surface area contributed by atoms with E-state index in [9.17, 15) is 13.2 Å². The van der Waals surface area contributed by atoms with Crippen molar-refractivity contribution in [1.29, 1.82) is 0 Å². The fourth-order valence-corrected chi connectivity index (χ4v) is 4.72. The quantitative estimate of drug-likeness (QED) is 0.279. The van der Waals surface area contributed by atoms with Crippen molar-refractivity contribution in [3.63, 3.8) is 0 Å². The number of amides is 1. The Bertz CT molecular complexity index is 884. The van der Waals surface area contributed by atoms with E-state index in [0.717, 1.165) is 24.9 Å². The van der Waals surface area contributed by atoms with Crippen molar-refractivity contribution in [3.8, 4) is 0 Å². The molecule has 31 heavy (non-hydrogen) atoms. The summed E-state index contributed by atoms with van der Waals surface area (Å²) in [5.74, 6) is -0.120. The number of nitrogens with two attached hydrogens (primary N) is 1. The number of anilines is 2. The summed E-state index contributed by atoms with van der Waals surface area (Å²) in [6, 6.07) is 15.1. The molecule has 0 saturated heterocycles. The Balaban J connectivity index is 1.94. The Hall–Kier alpha value is -2.38. The monoisotopic (exact) mass is 445 g/mol. The Morgan fingerprint density at radius 1 is 0.903 bits per heavy atom. The lowest BCUT2D eigenvalue weighted by atomic mass is 10.0. The number of nitrogen functional groups attached to an aromatic ring is 1. The molecular weight excluding hydrogens is 410 g/mol. The molecule has 2 aromatic carbocycles. The summed E-state index contributed by atoms with van der Waals surface area (Å²) in [7, 11) is -3.67.